The molecule has 0 atom stereocenters. The molecule has 0 aliphatic carbocycles. The van der Waals surface area contributed by atoms with Crippen LogP contribution < -0.4 is 4.74 Å². The Morgan fingerprint density at radius 1 is 1.13 bits per heavy atom. The molecule has 3 heteroatoms. The van der Waals surface area contributed by atoms with Gasteiger partial charge in [-0.15, -0.1) is 0 Å². The van der Waals surface area contributed by atoms with Crippen LogP contribution in [-0.4, -0.2) is 12.1 Å². The van der Waals surface area contributed by atoms with Crippen LogP contribution in [0, 0.1) is 0 Å². The number of halogens is 1. The summed E-state index contributed by atoms with van der Waals surface area (Å²) in [5.74, 6) is 0.797. The van der Waals surface area contributed by atoms with Gasteiger partial charge in [0.05, 0.1) is 7.11 Å². The van der Waals surface area contributed by atoms with Crippen LogP contribution in [0.3, 0.4) is 0 Å². The van der Waals surface area contributed by atoms with E-state index in [-0.39, 0.29) is 0 Å². The minimum Gasteiger partial charge on any atom is -0.497 e. The maximum atomic E-state index is 6.11. The van der Waals surface area contributed by atoms with Crippen LogP contribution in [-0.2, 0) is 0 Å². The van der Waals surface area contributed by atoms with E-state index in [2.05, 4.69) is 4.98 Å². The van der Waals surface area contributed by atoms with Crippen LogP contribution in [0.4, 0.5) is 0 Å². The van der Waals surface area contributed by atoms with E-state index in [0.717, 1.165) is 16.9 Å². The number of aromatic nitrogens is 1. The van der Waals surface area contributed by atoms with Crippen LogP contribution in [0.25, 0.3) is 11.1 Å². The van der Waals surface area contributed by atoms with Gasteiger partial charge in [-0.05, 0) is 35.9 Å². The molecule has 2 aromatic rings. The highest BCUT2D eigenvalue weighted by molar-refractivity contribution is 6.33. The molecule has 76 valence electrons. The van der Waals surface area contributed by atoms with Crippen LogP contribution in [0.5, 0.6) is 5.75 Å². The molecule has 0 spiro atoms. The van der Waals surface area contributed by atoms with Crippen molar-refractivity contribution in [3.63, 3.8) is 0 Å². The molecule has 1 heterocycles. The molecule has 2 nitrogen and oxygen atoms in total. The predicted octanol–water partition coefficient (Wildman–Crippen LogP) is 3.41. The van der Waals surface area contributed by atoms with Crippen molar-refractivity contribution in [1.29, 1.82) is 0 Å². The van der Waals surface area contributed by atoms with Crippen molar-refractivity contribution >= 4 is 11.6 Å². The Hall–Kier alpha value is -1.54. The van der Waals surface area contributed by atoms with Crippen molar-refractivity contribution in [2.24, 2.45) is 0 Å². The SMILES string of the molecule is COc1ccc(Cl)c(-c2ccncc2)c1. The second-order valence-corrected chi connectivity index (χ2v) is 3.49. The Morgan fingerprint density at radius 2 is 1.87 bits per heavy atom. The first-order chi connectivity index (χ1) is 7.31. The van der Waals surface area contributed by atoms with Crippen LogP contribution in [0.2, 0.25) is 5.02 Å². The highest BCUT2D eigenvalue weighted by atomic mass is 35.5. The van der Waals surface area contributed by atoms with Crippen LogP contribution >= 0.6 is 11.6 Å². The average molecular weight is 220 g/mol. The maximum Gasteiger partial charge on any atom is 0.119 e. The van der Waals surface area contributed by atoms with Crippen molar-refractivity contribution in [2.75, 3.05) is 7.11 Å². The van der Waals surface area contributed by atoms with E-state index in [9.17, 15) is 0 Å². The standard InChI is InChI=1S/C12H10ClNO/c1-15-10-2-3-12(13)11(8-10)9-4-6-14-7-5-9/h2-8H,1H3. The molecule has 1 aromatic carbocycles. The van der Waals surface area contributed by atoms with E-state index in [1.54, 1.807) is 19.5 Å². The first-order valence-corrected chi connectivity index (χ1v) is 4.93. The predicted molar refractivity (Wildman–Crippen MR) is 61.2 cm³/mol. The molecule has 2 rings (SSSR count). The van der Waals surface area contributed by atoms with Crippen molar-refractivity contribution < 1.29 is 4.74 Å². The number of methoxy groups -OCH3 is 1. The number of benzene rings is 1. The molecule has 0 N–H and O–H groups in total. The smallest absolute Gasteiger partial charge is 0.119 e. The Balaban J connectivity index is 2.52. The van der Waals surface area contributed by atoms with Gasteiger partial charge in [0.25, 0.3) is 0 Å². The van der Waals surface area contributed by atoms with E-state index >= 15 is 0 Å². The number of pyridine rings is 1. The Labute approximate surface area is 93.5 Å². The summed E-state index contributed by atoms with van der Waals surface area (Å²) < 4.78 is 5.16. The van der Waals surface area contributed by atoms with Crippen LogP contribution in [0.15, 0.2) is 42.7 Å². The lowest BCUT2D eigenvalue weighted by Crippen LogP contribution is -1.85. The van der Waals surface area contributed by atoms with Gasteiger partial charge in [-0.2, -0.15) is 0 Å². The molecule has 0 aliphatic heterocycles. The summed E-state index contributed by atoms with van der Waals surface area (Å²) in [7, 11) is 1.64. The van der Waals surface area contributed by atoms with Crippen molar-refractivity contribution in [3.05, 3.63) is 47.7 Å². The van der Waals surface area contributed by atoms with Gasteiger partial charge >= 0.3 is 0 Å². The fraction of sp³-hybridized carbons (Fsp3) is 0.0833. The maximum absolute atomic E-state index is 6.11. The fourth-order valence-electron chi connectivity index (χ4n) is 1.38. The lowest BCUT2D eigenvalue weighted by molar-refractivity contribution is 0.415. The van der Waals surface area contributed by atoms with Crippen molar-refractivity contribution in [3.8, 4) is 16.9 Å². The van der Waals surface area contributed by atoms with E-state index in [0.29, 0.717) is 5.02 Å². The zero-order valence-corrected chi connectivity index (χ0v) is 9.03. The molecule has 0 radical (unpaired) electrons. The average Bonchev–Trinajstić information content (AvgIpc) is 2.31. The quantitative estimate of drug-likeness (QED) is 0.772. The molecule has 15 heavy (non-hydrogen) atoms. The third-order valence-corrected chi connectivity index (χ3v) is 2.49. The van der Waals surface area contributed by atoms with E-state index in [1.165, 1.54) is 0 Å². The molecule has 0 fully saturated rings. The second kappa shape index (κ2) is 4.32. The van der Waals surface area contributed by atoms with E-state index < -0.39 is 0 Å². The van der Waals surface area contributed by atoms with Gasteiger partial charge in [0.15, 0.2) is 0 Å². The number of hydrogen-bond acceptors (Lipinski definition) is 2. The molecule has 0 unspecified atom stereocenters. The largest absolute Gasteiger partial charge is 0.497 e. The molecule has 0 bridgehead atoms. The molecule has 0 aliphatic rings. The highest BCUT2D eigenvalue weighted by Gasteiger charge is 2.04. The van der Waals surface area contributed by atoms with E-state index in [4.69, 9.17) is 16.3 Å². The summed E-state index contributed by atoms with van der Waals surface area (Å²) in [5.41, 5.74) is 1.99. The first kappa shape index (κ1) is 9.99. The highest BCUT2D eigenvalue weighted by Crippen LogP contribution is 2.30. The van der Waals surface area contributed by atoms with Gasteiger partial charge in [-0.1, -0.05) is 11.6 Å². The first-order valence-electron chi connectivity index (χ1n) is 4.55. The number of rotatable bonds is 2. The normalized spacial score (nSPS) is 10.0. The van der Waals surface area contributed by atoms with Gasteiger partial charge < -0.3 is 4.74 Å². The number of ether oxygens (including phenoxy) is 1. The molecule has 0 amide bonds. The number of hydrogen-bond donors (Lipinski definition) is 0. The Bertz CT molecular complexity index is 456. The summed E-state index contributed by atoms with van der Waals surface area (Å²) in [6.45, 7) is 0. The zero-order chi connectivity index (χ0) is 10.7. The summed E-state index contributed by atoms with van der Waals surface area (Å²) in [6.07, 6.45) is 3.48. The lowest BCUT2D eigenvalue weighted by Gasteiger charge is -2.06. The van der Waals surface area contributed by atoms with Gasteiger partial charge in [0.2, 0.25) is 0 Å². The number of nitrogens with zero attached hydrogens (tertiary/aromatic N) is 1. The van der Waals surface area contributed by atoms with Crippen molar-refractivity contribution in [2.45, 2.75) is 0 Å². The van der Waals surface area contributed by atoms with Gasteiger partial charge in [0.1, 0.15) is 5.75 Å². The minimum absolute atomic E-state index is 0.710. The summed E-state index contributed by atoms with van der Waals surface area (Å²) in [5, 5.41) is 0.710. The minimum atomic E-state index is 0.710. The topological polar surface area (TPSA) is 22.1 Å². The molecule has 0 saturated carbocycles. The fourth-order valence-corrected chi connectivity index (χ4v) is 1.61. The molecular formula is C12H10ClNO. The van der Waals surface area contributed by atoms with Crippen molar-refractivity contribution in [1.82, 2.24) is 4.98 Å². The van der Waals surface area contributed by atoms with E-state index in [1.807, 2.05) is 30.3 Å². The van der Waals surface area contributed by atoms with Crippen LogP contribution in [0.1, 0.15) is 0 Å². The third-order valence-electron chi connectivity index (χ3n) is 2.16. The van der Waals surface area contributed by atoms with Gasteiger partial charge in [-0.25, -0.2) is 0 Å². The lowest BCUT2D eigenvalue weighted by atomic mass is 10.1. The monoisotopic (exact) mass is 219 g/mol. The third kappa shape index (κ3) is 2.10. The summed E-state index contributed by atoms with van der Waals surface area (Å²) >= 11 is 6.11. The summed E-state index contributed by atoms with van der Waals surface area (Å²) in [4.78, 5) is 3.97. The molecule has 1 aromatic heterocycles. The molecule has 0 saturated heterocycles. The summed E-state index contributed by atoms with van der Waals surface area (Å²) in [6, 6.07) is 9.42. The second-order valence-electron chi connectivity index (χ2n) is 3.08. The van der Waals surface area contributed by atoms with Gasteiger partial charge in [0, 0.05) is 23.0 Å². The molecular weight excluding hydrogens is 210 g/mol. The van der Waals surface area contributed by atoms with Gasteiger partial charge in [-0.3, -0.25) is 4.98 Å². The Kier molecular flexibility index (Phi) is 2.88. The Morgan fingerprint density at radius 3 is 2.53 bits per heavy atom. The zero-order valence-electron chi connectivity index (χ0n) is 8.27.